The number of rotatable bonds is 3. The van der Waals surface area contributed by atoms with Gasteiger partial charge < -0.3 is 10.4 Å². The second-order valence-corrected chi connectivity index (χ2v) is 2.73. The maximum atomic E-state index is 12.5. The van der Waals surface area contributed by atoms with E-state index in [1.165, 1.54) is 0 Å². The van der Waals surface area contributed by atoms with E-state index < -0.39 is 18.0 Å². The maximum absolute atomic E-state index is 12.5. The minimum absolute atomic E-state index is 0.239. The highest BCUT2D eigenvalue weighted by Crippen LogP contribution is 2.09. The Labute approximate surface area is 74.4 Å². The topological polar surface area (TPSA) is 45.1 Å². The van der Waals surface area contributed by atoms with Crippen molar-refractivity contribution in [2.24, 2.45) is 0 Å². The van der Waals surface area contributed by atoms with E-state index in [0.717, 1.165) is 12.1 Å². The molecule has 0 aliphatic carbocycles. The van der Waals surface area contributed by atoms with Crippen LogP contribution in [-0.2, 0) is 0 Å². The zero-order chi connectivity index (χ0) is 9.84. The van der Waals surface area contributed by atoms with Gasteiger partial charge in [-0.05, 0) is 6.92 Å². The van der Waals surface area contributed by atoms with Crippen LogP contribution in [0.25, 0.3) is 0 Å². The smallest absolute Gasteiger partial charge is 0.217 e. The Bertz CT molecular complexity index is 271. The molecule has 0 fully saturated rings. The third-order valence-electron chi connectivity index (χ3n) is 1.36. The van der Waals surface area contributed by atoms with Gasteiger partial charge in [-0.25, -0.2) is 0 Å². The van der Waals surface area contributed by atoms with Crippen LogP contribution in [0.15, 0.2) is 12.1 Å². The molecule has 1 heterocycles. The number of aromatic nitrogens is 1. The number of nitrogens with zero attached hydrogens (tertiary/aromatic N) is 1. The lowest BCUT2D eigenvalue weighted by Gasteiger charge is -2.07. The molecule has 3 nitrogen and oxygen atoms in total. The average molecular weight is 188 g/mol. The van der Waals surface area contributed by atoms with Crippen LogP contribution in [0.2, 0.25) is 0 Å². The zero-order valence-corrected chi connectivity index (χ0v) is 7.09. The van der Waals surface area contributed by atoms with Gasteiger partial charge in [-0.15, -0.1) is 0 Å². The molecule has 1 atom stereocenters. The molecule has 0 saturated carbocycles. The highest BCUT2D eigenvalue weighted by atomic mass is 19.1. The van der Waals surface area contributed by atoms with Gasteiger partial charge in [0.05, 0.1) is 6.10 Å². The molecule has 0 spiro atoms. The highest BCUT2D eigenvalue weighted by Gasteiger charge is 2.02. The van der Waals surface area contributed by atoms with E-state index in [-0.39, 0.29) is 12.2 Å². The fraction of sp³-hybridized carbons (Fsp3) is 0.375. The number of aliphatic hydroxyl groups is 1. The van der Waals surface area contributed by atoms with E-state index in [1.807, 2.05) is 0 Å². The molecule has 1 rings (SSSR count). The van der Waals surface area contributed by atoms with Crippen LogP contribution in [-0.4, -0.2) is 22.7 Å². The number of hydrogen-bond acceptors (Lipinski definition) is 3. The predicted octanol–water partition coefficient (Wildman–Crippen LogP) is 1.15. The van der Waals surface area contributed by atoms with Gasteiger partial charge in [-0.1, -0.05) is 0 Å². The maximum Gasteiger partial charge on any atom is 0.217 e. The Hall–Kier alpha value is -1.23. The van der Waals surface area contributed by atoms with Crippen LogP contribution >= 0.6 is 0 Å². The van der Waals surface area contributed by atoms with Crippen LogP contribution in [0.5, 0.6) is 0 Å². The van der Waals surface area contributed by atoms with E-state index in [4.69, 9.17) is 5.11 Å². The molecule has 0 aliphatic heterocycles. The molecule has 0 aromatic carbocycles. The molecule has 72 valence electrons. The van der Waals surface area contributed by atoms with Crippen LogP contribution in [0, 0.1) is 11.9 Å². The molecule has 1 unspecified atom stereocenters. The van der Waals surface area contributed by atoms with Gasteiger partial charge in [0, 0.05) is 24.4 Å². The quantitative estimate of drug-likeness (QED) is 0.699. The van der Waals surface area contributed by atoms with Crippen molar-refractivity contribution in [2.75, 3.05) is 11.9 Å². The van der Waals surface area contributed by atoms with E-state index in [2.05, 4.69) is 10.3 Å². The van der Waals surface area contributed by atoms with Gasteiger partial charge in [0.25, 0.3) is 0 Å². The first-order valence-electron chi connectivity index (χ1n) is 3.83. The molecule has 1 aromatic heterocycles. The van der Waals surface area contributed by atoms with Crippen LogP contribution in [0.4, 0.5) is 14.5 Å². The van der Waals surface area contributed by atoms with Crippen molar-refractivity contribution in [3.05, 3.63) is 24.0 Å². The highest BCUT2D eigenvalue weighted by molar-refractivity contribution is 5.41. The lowest BCUT2D eigenvalue weighted by Crippen LogP contribution is -2.15. The van der Waals surface area contributed by atoms with E-state index >= 15 is 0 Å². The summed E-state index contributed by atoms with van der Waals surface area (Å²) in [6.07, 6.45) is -0.570. The summed E-state index contributed by atoms with van der Waals surface area (Å²) >= 11 is 0. The Morgan fingerprint density at radius 3 is 2.46 bits per heavy atom. The minimum Gasteiger partial charge on any atom is -0.392 e. The van der Waals surface area contributed by atoms with Crippen LogP contribution in [0.3, 0.4) is 0 Å². The van der Waals surface area contributed by atoms with Crippen molar-refractivity contribution in [1.82, 2.24) is 4.98 Å². The van der Waals surface area contributed by atoms with Crippen LogP contribution in [0.1, 0.15) is 6.92 Å². The Balaban J connectivity index is 2.66. The summed E-state index contributed by atoms with van der Waals surface area (Å²) in [5.74, 6) is -1.76. The van der Waals surface area contributed by atoms with Crippen molar-refractivity contribution in [3.63, 3.8) is 0 Å². The van der Waals surface area contributed by atoms with Gasteiger partial charge in [-0.3, -0.25) is 0 Å². The average Bonchev–Trinajstić information content (AvgIpc) is 1.99. The fourth-order valence-corrected chi connectivity index (χ4v) is 0.833. The zero-order valence-electron chi connectivity index (χ0n) is 7.09. The molecular formula is C8H10F2N2O. The fourth-order valence-electron chi connectivity index (χ4n) is 0.833. The molecule has 13 heavy (non-hydrogen) atoms. The molecule has 0 bridgehead atoms. The number of halogens is 2. The summed E-state index contributed by atoms with van der Waals surface area (Å²) in [5.41, 5.74) is 0.269. The summed E-state index contributed by atoms with van der Waals surface area (Å²) in [7, 11) is 0. The monoisotopic (exact) mass is 188 g/mol. The second kappa shape index (κ2) is 4.13. The van der Waals surface area contributed by atoms with E-state index in [9.17, 15) is 8.78 Å². The first kappa shape index (κ1) is 9.85. The largest absolute Gasteiger partial charge is 0.392 e. The minimum atomic E-state index is -0.881. The molecule has 1 aromatic rings. The number of aliphatic hydroxyl groups excluding tert-OH is 1. The lowest BCUT2D eigenvalue weighted by atomic mass is 10.3. The van der Waals surface area contributed by atoms with Crippen molar-refractivity contribution < 1.29 is 13.9 Å². The summed E-state index contributed by atoms with van der Waals surface area (Å²) in [6.45, 7) is 1.81. The first-order valence-corrected chi connectivity index (χ1v) is 3.83. The summed E-state index contributed by atoms with van der Waals surface area (Å²) in [6, 6.07) is 2.12. The van der Waals surface area contributed by atoms with Crippen molar-refractivity contribution in [2.45, 2.75) is 13.0 Å². The SMILES string of the molecule is CC(O)CNc1cc(F)nc(F)c1. The Morgan fingerprint density at radius 2 is 2.00 bits per heavy atom. The van der Waals surface area contributed by atoms with Gasteiger partial charge in [-0.2, -0.15) is 13.8 Å². The van der Waals surface area contributed by atoms with E-state index in [1.54, 1.807) is 6.92 Å². The summed E-state index contributed by atoms with van der Waals surface area (Å²) < 4.78 is 25.0. The molecular weight excluding hydrogens is 178 g/mol. The normalized spacial score (nSPS) is 12.6. The van der Waals surface area contributed by atoms with Crippen LogP contribution < -0.4 is 5.32 Å². The van der Waals surface area contributed by atoms with Gasteiger partial charge in [0.2, 0.25) is 11.9 Å². The standard InChI is InChI=1S/C8H10F2N2O/c1-5(13)4-11-6-2-7(9)12-8(10)3-6/h2-3,5,13H,4H2,1H3,(H,11,12). The molecule has 2 N–H and O–H groups in total. The molecule has 0 saturated heterocycles. The molecule has 5 heteroatoms. The van der Waals surface area contributed by atoms with Gasteiger partial charge in [0.15, 0.2) is 0 Å². The third-order valence-corrected chi connectivity index (χ3v) is 1.36. The number of nitrogens with one attached hydrogen (secondary N) is 1. The number of pyridine rings is 1. The lowest BCUT2D eigenvalue weighted by molar-refractivity contribution is 0.208. The van der Waals surface area contributed by atoms with Gasteiger partial charge >= 0.3 is 0 Å². The Morgan fingerprint density at radius 1 is 1.46 bits per heavy atom. The van der Waals surface area contributed by atoms with E-state index in [0.29, 0.717) is 0 Å². The molecule has 0 radical (unpaired) electrons. The summed E-state index contributed by atoms with van der Waals surface area (Å²) in [5, 5.41) is 11.5. The third kappa shape index (κ3) is 3.33. The van der Waals surface area contributed by atoms with Crippen molar-refractivity contribution in [3.8, 4) is 0 Å². The molecule has 0 aliphatic rings. The van der Waals surface area contributed by atoms with Gasteiger partial charge in [0.1, 0.15) is 0 Å². The summed E-state index contributed by atoms with van der Waals surface area (Å²) in [4.78, 5) is 2.93. The first-order chi connectivity index (χ1) is 6.08. The second-order valence-electron chi connectivity index (χ2n) is 2.73. The predicted molar refractivity (Wildman–Crippen MR) is 44.3 cm³/mol. The molecule has 0 amide bonds. The van der Waals surface area contributed by atoms with Crippen molar-refractivity contribution >= 4 is 5.69 Å². The number of hydrogen-bond donors (Lipinski definition) is 2. The Kier molecular flexibility index (Phi) is 3.13. The number of anilines is 1. The van der Waals surface area contributed by atoms with Crippen molar-refractivity contribution in [1.29, 1.82) is 0 Å².